The van der Waals surface area contributed by atoms with Crippen molar-refractivity contribution >= 4 is 11.9 Å². The van der Waals surface area contributed by atoms with Crippen LogP contribution < -0.4 is 17.2 Å². The lowest BCUT2D eigenvalue weighted by Crippen LogP contribution is -2.36. The zero-order chi connectivity index (χ0) is 15.4. The third kappa shape index (κ3) is 11.6. The third-order valence-corrected chi connectivity index (χ3v) is 2.83. The Bertz CT molecular complexity index is 261. The van der Waals surface area contributed by atoms with Gasteiger partial charge in [-0.05, 0) is 25.3 Å². The predicted octanol–water partition coefficient (Wildman–Crippen LogP) is -0.0283. The Labute approximate surface area is 114 Å². The fourth-order valence-corrected chi connectivity index (χ4v) is 1.13. The minimum Gasteiger partial charge on any atom is -0.480 e. The number of rotatable bonds is 8. The van der Waals surface area contributed by atoms with E-state index in [0.29, 0.717) is 13.0 Å². The average Bonchev–Trinajstić information content (AvgIpc) is 2.37. The smallest absolute Gasteiger partial charge is 0.320 e. The summed E-state index contributed by atoms with van der Waals surface area (Å²) >= 11 is 0. The number of unbranched alkanes of at least 4 members (excludes halogenated alkanes) is 1. The monoisotopic (exact) mass is 277 g/mol. The molecule has 0 aromatic rings. The van der Waals surface area contributed by atoms with E-state index in [-0.39, 0.29) is 5.92 Å². The number of hydrogen-bond donors (Lipinski definition) is 5. The molecule has 19 heavy (non-hydrogen) atoms. The molecule has 0 amide bonds. The van der Waals surface area contributed by atoms with E-state index >= 15 is 0 Å². The minimum absolute atomic E-state index is 0.0718. The van der Waals surface area contributed by atoms with Crippen LogP contribution in [-0.4, -0.2) is 40.8 Å². The summed E-state index contributed by atoms with van der Waals surface area (Å²) in [6.07, 6.45) is 2.98. The van der Waals surface area contributed by atoms with Crippen LogP contribution >= 0.6 is 0 Å². The molecule has 114 valence electrons. The van der Waals surface area contributed by atoms with E-state index < -0.39 is 24.0 Å². The van der Waals surface area contributed by atoms with Crippen molar-refractivity contribution in [3.8, 4) is 0 Å². The molecule has 0 saturated heterocycles. The Morgan fingerprint density at radius 2 is 1.63 bits per heavy atom. The first-order valence-electron chi connectivity index (χ1n) is 6.44. The maximum Gasteiger partial charge on any atom is 0.320 e. The van der Waals surface area contributed by atoms with Gasteiger partial charge in [-0.15, -0.1) is 0 Å². The second kappa shape index (κ2) is 11.9. The summed E-state index contributed by atoms with van der Waals surface area (Å²) in [6.45, 7) is 4.36. The van der Waals surface area contributed by atoms with Gasteiger partial charge in [0.25, 0.3) is 0 Å². The lowest BCUT2D eigenvalue weighted by molar-refractivity contribution is -0.140. The quantitative estimate of drug-likeness (QED) is 0.390. The maximum atomic E-state index is 10.2. The molecule has 3 atom stereocenters. The first-order valence-corrected chi connectivity index (χ1v) is 6.44. The molecule has 0 saturated carbocycles. The molecule has 0 aliphatic rings. The molecule has 0 spiro atoms. The number of carbonyl (C=O) groups is 2. The Morgan fingerprint density at radius 3 is 1.89 bits per heavy atom. The molecule has 0 aromatic heterocycles. The highest BCUT2D eigenvalue weighted by Gasteiger charge is 2.17. The van der Waals surface area contributed by atoms with Crippen molar-refractivity contribution in [1.82, 2.24) is 0 Å². The number of carboxylic acids is 2. The van der Waals surface area contributed by atoms with Gasteiger partial charge in [-0.2, -0.15) is 0 Å². The summed E-state index contributed by atoms with van der Waals surface area (Å²) in [4.78, 5) is 20.3. The van der Waals surface area contributed by atoms with Gasteiger partial charge in [0.05, 0.1) is 0 Å². The molecule has 0 heterocycles. The summed E-state index contributed by atoms with van der Waals surface area (Å²) in [7, 11) is 0. The maximum absolute atomic E-state index is 10.2. The Kier molecular flexibility index (Phi) is 12.6. The van der Waals surface area contributed by atoms with Gasteiger partial charge in [0.15, 0.2) is 0 Å². The van der Waals surface area contributed by atoms with Crippen molar-refractivity contribution in [3.63, 3.8) is 0 Å². The number of aliphatic carboxylic acids is 2. The summed E-state index contributed by atoms with van der Waals surface area (Å²) < 4.78 is 0. The standard InChI is InChI=1S/C6H14N2O2.C6H13NO2/c7-4-2-1-3-5(8)6(9)10;1-3-4(2)5(7)6(8)9/h5H,1-4,7-8H2,(H,9,10);4-5H,3,7H2,1-2H3,(H,8,9)/t5-;4?,5-/m00/s1. The second-order valence-electron chi connectivity index (χ2n) is 4.48. The third-order valence-electron chi connectivity index (χ3n) is 2.83. The molecular weight excluding hydrogens is 250 g/mol. The van der Waals surface area contributed by atoms with Gasteiger partial charge in [0.1, 0.15) is 12.1 Å². The van der Waals surface area contributed by atoms with Crippen LogP contribution in [0.5, 0.6) is 0 Å². The molecule has 0 rings (SSSR count). The fourth-order valence-electron chi connectivity index (χ4n) is 1.13. The summed E-state index contributed by atoms with van der Waals surface area (Å²) in [5, 5.41) is 16.7. The Hall–Kier alpha value is -1.18. The highest BCUT2D eigenvalue weighted by atomic mass is 16.4. The minimum atomic E-state index is -0.933. The van der Waals surface area contributed by atoms with Crippen molar-refractivity contribution in [2.45, 2.75) is 51.6 Å². The number of hydrogen-bond acceptors (Lipinski definition) is 5. The normalized spacial score (nSPS) is 14.8. The summed E-state index contributed by atoms with van der Waals surface area (Å²) in [5.74, 6) is -1.77. The molecule has 0 aromatic carbocycles. The molecule has 7 nitrogen and oxygen atoms in total. The lowest BCUT2D eigenvalue weighted by Gasteiger charge is -2.11. The molecule has 0 radical (unpaired) electrons. The SMILES string of the molecule is CCC(C)[C@H](N)C(=O)O.NCCCC[C@H](N)C(=O)O. The fraction of sp³-hybridized carbons (Fsp3) is 0.833. The first kappa shape index (κ1) is 20.1. The van der Waals surface area contributed by atoms with Gasteiger partial charge in [-0.1, -0.05) is 26.7 Å². The van der Waals surface area contributed by atoms with Gasteiger partial charge in [0, 0.05) is 0 Å². The Morgan fingerprint density at radius 1 is 1.11 bits per heavy atom. The van der Waals surface area contributed by atoms with E-state index in [1.54, 1.807) is 0 Å². The molecule has 0 bridgehead atoms. The molecule has 0 fully saturated rings. The number of carboxylic acid groups (broad SMARTS) is 2. The van der Waals surface area contributed by atoms with Crippen molar-refractivity contribution in [1.29, 1.82) is 0 Å². The van der Waals surface area contributed by atoms with Gasteiger partial charge in [-0.3, -0.25) is 9.59 Å². The molecular formula is C12H27N3O4. The largest absolute Gasteiger partial charge is 0.480 e. The Balaban J connectivity index is 0. The molecule has 1 unspecified atom stereocenters. The van der Waals surface area contributed by atoms with Gasteiger partial charge in [-0.25, -0.2) is 0 Å². The summed E-state index contributed by atoms with van der Waals surface area (Å²) in [6, 6.07) is -1.42. The molecule has 7 heteroatoms. The van der Waals surface area contributed by atoms with Crippen molar-refractivity contribution in [2.75, 3.05) is 6.54 Å². The van der Waals surface area contributed by atoms with Crippen molar-refractivity contribution < 1.29 is 19.8 Å². The first-order chi connectivity index (χ1) is 8.77. The topological polar surface area (TPSA) is 153 Å². The zero-order valence-corrected chi connectivity index (χ0v) is 11.7. The van der Waals surface area contributed by atoms with Crippen LogP contribution in [0.25, 0.3) is 0 Å². The van der Waals surface area contributed by atoms with Crippen LogP contribution in [0.3, 0.4) is 0 Å². The van der Waals surface area contributed by atoms with E-state index in [2.05, 4.69) is 0 Å². The van der Waals surface area contributed by atoms with Crippen molar-refractivity contribution in [3.05, 3.63) is 0 Å². The van der Waals surface area contributed by atoms with Crippen LogP contribution in [-0.2, 0) is 9.59 Å². The second-order valence-corrected chi connectivity index (χ2v) is 4.48. The molecule has 0 aliphatic carbocycles. The lowest BCUT2D eigenvalue weighted by atomic mass is 10.0. The van der Waals surface area contributed by atoms with Crippen LogP contribution in [0.2, 0.25) is 0 Å². The van der Waals surface area contributed by atoms with Gasteiger partial charge in [0.2, 0.25) is 0 Å². The van der Waals surface area contributed by atoms with Crippen LogP contribution in [0.1, 0.15) is 39.5 Å². The van der Waals surface area contributed by atoms with E-state index in [1.807, 2.05) is 13.8 Å². The van der Waals surface area contributed by atoms with Crippen molar-refractivity contribution in [2.24, 2.45) is 23.1 Å². The average molecular weight is 277 g/mol. The predicted molar refractivity (Wildman–Crippen MR) is 73.6 cm³/mol. The number of nitrogens with two attached hydrogens (primary N) is 3. The highest BCUT2D eigenvalue weighted by molar-refractivity contribution is 5.73. The van der Waals surface area contributed by atoms with E-state index in [4.69, 9.17) is 27.4 Å². The van der Waals surface area contributed by atoms with Crippen LogP contribution in [0, 0.1) is 5.92 Å². The highest BCUT2D eigenvalue weighted by Crippen LogP contribution is 2.04. The van der Waals surface area contributed by atoms with Gasteiger partial charge < -0.3 is 27.4 Å². The zero-order valence-electron chi connectivity index (χ0n) is 11.7. The molecule has 0 aliphatic heterocycles. The van der Waals surface area contributed by atoms with Crippen LogP contribution in [0.15, 0.2) is 0 Å². The summed E-state index contributed by atoms with van der Waals surface area (Å²) in [5.41, 5.74) is 15.7. The van der Waals surface area contributed by atoms with Gasteiger partial charge >= 0.3 is 11.9 Å². The van der Waals surface area contributed by atoms with Crippen LogP contribution in [0.4, 0.5) is 0 Å². The van der Waals surface area contributed by atoms with E-state index in [1.165, 1.54) is 0 Å². The van der Waals surface area contributed by atoms with E-state index in [9.17, 15) is 9.59 Å². The molecule has 8 N–H and O–H groups in total. The van der Waals surface area contributed by atoms with E-state index in [0.717, 1.165) is 19.3 Å².